The fraction of sp³-hybridized carbons (Fsp3) is 0.286. The van der Waals surface area contributed by atoms with Crippen LogP contribution in [-0.4, -0.2) is 13.2 Å². The van der Waals surface area contributed by atoms with Crippen molar-refractivity contribution in [2.45, 2.75) is 117 Å². The van der Waals surface area contributed by atoms with Gasteiger partial charge in [0.2, 0.25) is 0 Å². The Morgan fingerprint density at radius 2 is 0.658 bits per heavy atom. The second kappa shape index (κ2) is 31.2. The summed E-state index contributed by atoms with van der Waals surface area (Å²) in [6.07, 6.45) is 33.9. The Bertz CT molecular complexity index is 2660. The molecule has 2 nitrogen and oxygen atoms in total. The number of halogens is 1. The Morgan fingerprint density at radius 3 is 1.07 bits per heavy atom. The quantitative estimate of drug-likeness (QED) is 0.0330. The molecule has 0 aromatic heterocycles. The SMILES string of the molecule is CCCCCCCCCCOc1cccc(/C=C/c2cc(/C=C/c3ccc(C(=C(c4ccccc4)c4ccccc4)c4ccc(Br)cc4)cc3)cc(/C=C/c3cccc(OCCCCCCCCCC)c3)c2)c1. The van der Waals surface area contributed by atoms with Gasteiger partial charge < -0.3 is 9.47 Å². The number of hydrogen-bond donors (Lipinski definition) is 0. The number of unbranched alkanes of at least 4 members (excludes halogenated alkanes) is 14. The summed E-state index contributed by atoms with van der Waals surface area (Å²) in [5.74, 6) is 1.85. The zero-order chi connectivity index (χ0) is 50.6. The predicted molar refractivity (Wildman–Crippen MR) is 321 cm³/mol. The van der Waals surface area contributed by atoms with Crippen LogP contribution in [0.2, 0.25) is 0 Å². The van der Waals surface area contributed by atoms with E-state index in [2.05, 4.69) is 242 Å². The highest BCUT2D eigenvalue weighted by atomic mass is 79.9. The average Bonchev–Trinajstić information content (AvgIpc) is 3.43. The maximum atomic E-state index is 6.22. The highest BCUT2D eigenvalue weighted by Gasteiger charge is 2.16. The van der Waals surface area contributed by atoms with Crippen LogP contribution in [0.25, 0.3) is 47.6 Å². The van der Waals surface area contributed by atoms with Crippen molar-refractivity contribution in [3.63, 3.8) is 0 Å². The molecule has 0 aliphatic heterocycles. The molecule has 376 valence electrons. The van der Waals surface area contributed by atoms with Crippen LogP contribution >= 0.6 is 15.9 Å². The van der Waals surface area contributed by atoms with Crippen LogP contribution in [0, 0.1) is 0 Å². The van der Waals surface area contributed by atoms with Crippen molar-refractivity contribution in [2.24, 2.45) is 0 Å². The first-order valence-electron chi connectivity index (χ1n) is 27.4. The molecule has 0 spiro atoms. The van der Waals surface area contributed by atoms with E-state index in [1.807, 2.05) is 0 Å². The van der Waals surface area contributed by atoms with E-state index in [0.29, 0.717) is 0 Å². The molecule has 7 aromatic rings. The molecule has 0 bridgehead atoms. The van der Waals surface area contributed by atoms with E-state index in [1.165, 1.54) is 112 Å². The van der Waals surface area contributed by atoms with Gasteiger partial charge in [0.1, 0.15) is 11.5 Å². The molecule has 3 heteroatoms. The lowest BCUT2D eigenvalue weighted by Crippen LogP contribution is -1.97. The van der Waals surface area contributed by atoms with Gasteiger partial charge in [-0.25, -0.2) is 0 Å². The lowest BCUT2D eigenvalue weighted by molar-refractivity contribution is 0.304. The third-order valence-electron chi connectivity index (χ3n) is 13.4. The van der Waals surface area contributed by atoms with Crippen molar-refractivity contribution in [3.05, 3.63) is 236 Å². The molecule has 73 heavy (non-hydrogen) atoms. The summed E-state index contributed by atoms with van der Waals surface area (Å²) in [5, 5.41) is 0. The first kappa shape index (κ1) is 54.4. The van der Waals surface area contributed by atoms with Crippen LogP contribution in [0.4, 0.5) is 0 Å². The van der Waals surface area contributed by atoms with Crippen molar-refractivity contribution in [1.29, 1.82) is 0 Å². The fourth-order valence-electron chi connectivity index (χ4n) is 9.33. The molecule has 0 aliphatic carbocycles. The van der Waals surface area contributed by atoms with Gasteiger partial charge in [-0.05, 0) is 134 Å². The van der Waals surface area contributed by atoms with Gasteiger partial charge >= 0.3 is 0 Å². The molecule has 0 radical (unpaired) electrons. The van der Waals surface area contributed by atoms with Crippen molar-refractivity contribution in [1.82, 2.24) is 0 Å². The maximum absolute atomic E-state index is 6.22. The molecule has 0 fully saturated rings. The van der Waals surface area contributed by atoms with Gasteiger partial charge in [-0.3, -0.25) is 0 Å². The molecule has 0 amide bonds. The molecule has 0 N–H and O–H groups in total. The monoisotopic (exact) mass is 1030 g/mol. The summed E-state index contributed by atoms with van der Waals surface area (Å²) < 4.78 is 13.5. The molecule has 7 rings (SSSR count). The zero-order valence-corrected chi connectivity index (χ0v) is 45.2. The van der Waals surface area contributed by atoms with E-state index < -0.39 is 0 Å². The maximum Gasteiger partial charge on any atom is 0.119 e. The molecule has 0 saturated carbocycles. The summed E-state index contributed by atoms with van der Waals surface area (Å²) in [6.45, 7) is 6.07. The number of hydrogen-bond acceptors (Lipinski definition) is 2. The lowest BCUT2D eigenvalue weighted by atomic mass is 9.85. The largest absolute Gasteiger partial charge is 0.494 e. The van der Waals surface area contributed by atoms with E-state index in [-0.39, 0.29) is 0 Å². The predicted octanol–water partition coefficient (Wildman–Crippen LogP) is 21.0. The zero-order valence-electron chi connectivity index (χ0n) is 43.6. The minimum atomic E-state index is 0.759. The van der Waals surface area contributed by atoms with E-state index in [4.69, 9.17) is 9.47 Å². The molecule has 0 saturated heterocycles. The number of rotatable bonds is 30. The number of benzene rings is 7. The highest BCUT2D eigenvalue weighted by molar-refractivity contribution is 9.10. The molecule has 0 atom stereocenters. The smallest absolute Gasteiger partial charge is 0.119 e. The van der Waals surface area contributed by atoms with Gasteiger partial charge in [-0.15, -0.1) is 0 Å². The van der Waals surface area contributed by atoms with E-state index in [0.717, 1.165) is 86.5 Å². The standard InChI is InChI=1S/C70H77BrO2/c1-3-5-7-9-11-13-15-23-49-72-67-33-25-27-57(54-67)36-39-60-51-59(52-61(53-60)40-37-58-28-26-34-68(55-58)73-50-24-16-14-12-10-8-6-4-2)38-35-56-41-43-64(44-42-56)70(65-45-47-66(71)48-46-65)69(62-29-19-17-20-30-62)63-31-21-18-22-32-63/h17-22,25-48,51-55H,3-16,23-24,49-50H2,1-2H3/b38-35+,39-36+,40-37+. The molecule has 0 unspecified atom stereocenters. The Balaban J connectivity index is 1.10. The summed E-state index contributed by atoms with van der Waals surface area (Å²) in [7, 11) is 0. The molecular weight excluding hydrogens is 953 g/mol. The van der Waals surface area contributed by atoms with Crippen molar-refractivity contribution in [3.8, 4) is 11.5 Å². The second-order valence-electron chi connectivity index (χ2n) is 19.3. The van der Waals surface area contributed by atoms with E-state index >= 15 is 0 Å². The molecule has 7 aromatic carbocycles. The third-order valence-corrected chi connectivity index (χ3v) is 13.9. The van der Waals surface area contributed by atoms with Crippen molar-refractivity contribution < 1.29 is 9.47 Å². The van der Waals surface area contributed by atoms with Crippen LogP contribution in [0.1, 0.15) is 172 Å². The number of ether oxygens (including phenoxy) is 2. The summed E-state index contributed by atoms with van der Waals surface area (Å²) in [6, 6.07) is 62.9. The Labute approximate surface area is 447 Å². The van der Waals surface area contributed by atoms with Crippen molar-refractivity contribution >= 4 is 63.5 Å². The van der Waals surface area contributed by atoms with Crippen LogP contribution < -0.4 is 9.47 Å². The van der Waals surface area contributed by atoms with E-state index in [9.17, 15) is 0 Å². The molecule has 0 aliphatic rings. The lowest BCUT2D eigenvalue weighted by Gasteiger charge is -2.18. The van der Waals surface area contributed by atoms with Crippen LogP contribution in [0.3, 0.4) is 0 Å². The molecule has 0 heterocycles. The fourth-order valence-corrected chi connectivity index (χ4v) is 9.60. The van der Waals surface area contributed by atoms with Gasteiger partial charge in [0.15, 0.2) is 0 Å². The van der Waals surface area contributed by atoms with Gasteiger partial charge in [0.25, 0.3) is 0 Å². The van der Waals surface area contributed by atoms with Crippen LogP contribution in [-0.2, 0) is 0 Å². The Morgan fingerprint density at radius 1 is 0.315 bits per heavy atom. The Kier molecular flexibility index (Phi) is 23.3. The van der Waals surface area contributed by atoms with Gasteiger partial charge in [0.05, 0.1) is 13.2 Å². The van der Waals surface area contributed by atoms with Crippen LogP contribution in [0.15, 0.2) is 180 Å². The summed E-state index contributed by atoms with van der Waals surface area (Å²) in [4.78, 5) is 0. The second-order valence-corrected chi connectivity index (χ2v) is 20.3. The third kappa shape index (κ3) is 18.9. The summed E-state index contributed by atoms with van der Waals surface area (Å²) in [5.41, 5.74) is 13.8. The normalized spacial score (nSPS) is 11.5. The average molecular weight is 1030 g/mol. The minimum Gasteiger partial charge on any atom is -0.494 e. The highest BCUT2D eigenvalue weighted by Crippen LogP contribution is 2.37. The van der Waals surface area contributed by atoms with Gasteiger partial charge in [-0.2, -0.15) is 0 Å². The van der Waals surface area contributed by atoms with Crippen molar-refractivity contribution in [2.75, 3.05) is 13.2 Å². The van der Waals surface area contributed by atoms with E-state index in [1.54, 1.807) is 0 Å². The topological polar surface area (TPSA) is 18.5 Å². The minimum absolute atomic E-state index is 0.759. The Hall–Kier alpha value is -6.42. The van der Waals surface area contributed by atoms with Crippen LogP contribution in [0.5, 0.6) is 11.5 Å². The first-order chi connectivity index (χ1) is 36.0. The van der Waals surface area contributed by atoms with Gasteiger partial charge in [-0.1, -0.05) is 277 Å². The molecular formula is C70H77BrO2. The van der Waals surface area contributed by atoms with Gasteiger partial charge in [0, 0.05) is 4.47 Å². The first-order valence-corrected chi connectivity index (χ1v) is 28.2. The summed E-state index contributed by atoms with van der Waals surface area (Å²) >= 11 is 3.67.